The first-order valence-electron chi connectivity index (χ1n) is 6.98. The second-order valence-electron chi connectivity index (χ2n) is 4.64. The van der Waals surface area contributed by atoms with Gasteiger partial charge < -0.3 is 9.47 Å². The third-order valence-corrected chi connectivity index (χ3v) is 2.91. The summed E-state index contributed by atoms with van der Waals surface area (Å²) < 4.78 is 71.0. The molecule has 0 fully saturated rings. The van der Waals surface area contributed by atoms with Gasteiger partial charge >= 0.3 is 13.2 Å². The standard InChI is InChI=1S/C16H11F5N2O3/c17-12-4-2-1-3-11(12)14(24)23-22-8-9-5-6-10(25-15(18)19)7-13(9)26-16(20)21/h1-8,15-16H,(H,23,24)/b22-8+. The van der Waals surface area contributed by atoms with E-state index in [-0.39, 0.29) is 11.1 Å². The summed E-state index contributed by atoms with van der Waals surface area (Å²) in [5, 5.41) is 3.51. The highest BCUT2D eigenvalue weighted by Gasteiger charge is 2.13. The molecule has 0 saturated carbocycles. The molecule has 0 aliphatic carbocycles. The molecule has 0 aliphatic heterocycles. The Bertz CT molecular complexity index is 799. The molecule has 0 atom stereocenters. The number of nitrogens with one attached hydrogen (secondary N) is 1. The smallest absolute Gasteiger partial charge is 0.387 e. The number of nitrogens with zero attached hydrogens (tertiary/aromatic N) is 1. The lowest BCUT2D eigenvalue weighted by molar-refractivity contribution is -0.0543. The second kappa shape index (κ2) is 8.79. The van der Waals surface area contributed by atoms with Gasteiger partial charge in [0.15, 0.2) is 0 Å². The summed E-state index contributed by atoms with van der Waals surface area (Å²) in [6, 6.07) is 8.15. The van der Waals surface area contributed by atoms with Crippen molar-refractivity contribution in [1.82, 2.24) is 5.43 Å². The van der Waals surface area contributed by atoms with E-state index in [0.29, 0.717) is 0 Å². The summed E-state index contributed by atoms with van der Waals surface area (Å²) in [5.74, 6) is -2.53. The van der Waals surface area contributed by atoms with Gasteiger partial charge in [0.05, 0.1) is 11.8 Å². The first kappa shape index (κ1) is 19.2. The predicted molar refractivity (Wildman–Crippen MR) is 81.2 cm³/mol. The van der Waals surface area contributed by atoms with Crippen molar-refractivity contribution in [2.45, 2.75) is 13.2 Å². The number of alkyl halides is 4. The minimum absolute atomic E-state index is 0.0549. The molecule has 10 heteroatoms. The number of carbonyl (C=O) groups is 1. The minimum atomic E-state index is -3.23. The lowest BCUT2D eigenvalue weighted by Gasteiger charge is -2.10. The van der Waals surface area contributed by atoms with Crippen molar-refractivity contribution < 1.29 is 36.2 Å². The molecule has 2 rings (SSSR count). The Labute approximate surface area is 144 Å². The molecule has 138 valence electrons. The number of ether oxygens (including phenoxy) is 2. The van der Waals surface area contributed by atoms with Crippen LogP contribution >= 0.6 is 0 Å². The lowest BCUT2D eigenvalue weighted by atomic mass is 10.2. The monoisotopic (exact) mass is 374 g/mol. The molecule has 0 saturated heterocycles. The summed E-state index contributed by atoms with van der Waals surface area (Å²) in [6.07, 6.45) is 0.933. The Balaban J connectivity index is 2.15. The van der Waals surface area contributed by atoms with Crippen molar-refractivity contribution in [3.63, 3.8) is 0 Å². The molecule has 1 amide bonds. The van der Waals surface area contributed by atoms with E-state index in [0.717, 1.165) is 30.5 Å². The van der Waals surface area contributed by atoms with Crippen LogP contribution in [0.25, 0.3) is 0 Å². The maximum Gasteiger partial charge on any atom is 0.387 e. The van der Waals surface area contributed by atoms with Crippen LogP contribution in [0, 0.1) is 5.82 Å². The van der Waals surface area contributed by atoms with Crippen LogP contribution in [0.3, 0.4) is 0 Å². The number of hydrogen-bond acceptors (Lipinski definition) is 4. The van der Waals surface area contributed by atoms with Gasteiger partial charge in [-0.1, -0.05) is 12.1 Å². The van der Waals surface area contributed by atoms with Gasteiger partial charge in [0.1, 0.15) is 17.3 Å². The van der Waals surface area contributed by atoms with Crippen molar-refractivity contribution in [1.29, 1.82) is 0 Å². The minimum Gasteiger partial charge on any atom is -0.435 e. The van der Waals surface area contributed by atoms with Crippen LogP contribution in [0.1, 0.15) is 15.9 Å². The lowest BCUT2D eigenvalue weighted by Crippen LogP contribution is -2.19. The summed E-state index contributed by atoms with van der Waals surface area (Å²) in [5.41, 5.74) is 1.69. The average molecular weight is 374 g/mol. The van der Waals surface area contributed by atoms with Gasteiger partial charge in [-0.15, -0.1) is 0 Å². The average Bonchev–Trinajstić information content (AvgIpc) is 2.56. The Hall–Kier alpha value is -3.17. The fraction of sp³-hybridized carbons (Fsp3) is 0.125. The summed E-state index contributed by atoms with van der Waals surface area (Å²) in [4.78, 5) is 11.8. The van der Waals surface area contributed by atoms with E-state index < -0.39 is 36.4 Å². The Morgan fingerprint density at radius 1 is 1.04 bits per heavy atom. The van der Waals surface area contributed by atoms with Crippen LogP contribution in [0.4, 0.5) is 22.0 Å². The molecule has 2 aromatic carbocycles. The number of halogens is 5. The molecule has 0 aromatic heterocycles. The highest BCUT2D eigenvalue weighted by Crippen LogP contribution is 2.26. The van der Waals surface area contributed by atoms with E-state index in [4.69, 9.17) is 0 Å². The first-order chi connectivity index (χ1) is 12.4. The van der Waals surface area contributed by atoms with Crippen LogP contribution in [0.5, 0.6) is 11.5 Å². The van der Waals surface area contributed by atoms with Gasteiger partial charge in [-0.3, -0.25) is 4.79 Å². The molecule has 0 aliphatic rings. The van der Waals surface area contributed by atoms with Crippen LogP contribution in [-0.4, -0.2) is 25.3 Å². The first-order valence-corrected chi connectivity index (χ1v) is 6.98. The van der Waals surface area contributed by atoms with Crippen molar-refractivity contribution >= 4 is 12.1 Å². The molecule has 5 nitrogen and oxygen atoms in total. The zero-order valence-electron chi connectivity index (χ0n) is 12.8. The highest BCUT2D eigenvalue weighted by atomic mass is 19.3. The van der Waals surface area contributed by atoms with Gasteiger partial charge in [0.25, 0.3) is 5.91 Å². The van der Waals surface area contributed by atoms with E-state index in [1.165, 1.54) is 18.2 Å². The van der Waals surface area contributed by atoms with E-state index in [9.17, 15) is 26.7 Å². The molecule has 0 unspecified atom stereocenters. The molecule has 0 heterocycles. The van der Waals surface area contributed by atoms with Crippen LogP contribution < -0.4 is 14.9 Å². The Morgan fingerprint density at radius 3 is 2.38 bits per heavy atom. The molecule has 0 bridgehead atoms. The zero-order chi connectivity index (χ0) is 19.1. The molecule has 26 heavy (non-hydrogen) atoms. The van der Waals surface area contributed by atoms with E-state index in [1.54, 1.807) is 0 Å². The number of amides is 1. The molecule has 1 N–H and O–H groups in total. The van der Waals surface area contributed by atoms with Crippen molar-refractivity contribution in [3.05, 3.63) is 59.4 Å². The van der Waals surface area contributed by atoms with Crippen molar-refractivity contribution in [2.24, 2.45) is 5.10 Å². The van der Waals surface area contributed by atoms with Gasteiger partial charge in [0.2, 0.25) is 0 Å². The molecular formula is C16H11F5N2O3. The van der Waals surface area contributed by atoms with Gasteiger partial charge in [-0.2, -0.15) is 22.7 Å². The third kappa shape index (κ3) is 5.43. The summed E-state index contributed by atoms with van der Waals surface area (Å²) >= 11 is 0. The zero-order valence-corrected chi connectivity index (χ0v) is 12.8. The van der Waals surface area contributed by atoms with E-state index >= 15 is 0 Å². The molecular weight excluding hydrogens is 363 g/mol. The van der Waals surface area contributed by atoms with Crippen molar-refractivity contribution in [2.75, 3.05) is 0 Å². The summed E-state index contributed by atoms with van der Waals surface area (Å²) in [7, 11) is 0. The fourth-order valence-corrected chi connectivity index (χ4v) is 1.86. The van der Waals surface area contributed by atoms with Gasteiger partial charge in [0, 0.05) is 11.6 Å². The summed E-state index contributed by atoms with van der Waals surface area (Å²) in [6.45, 7) is -6.37. The normalized spacial score (nSPS) is 11.2. The fourth-order valence-electron chi connectivity index (χ4n) is 1.86. The van der Waals surface area contributed by atoms with E-state index in [1.807, 2.05) is 5.43 Å². The number of hydrazone groups is 1. The maximum atomic E-state index is 13.5. The maximum absolute atomic E-state index is 13.5. The number of carbonyl (C=O) groups excluding carboxylic acids is 1. The molecule has 0 spiro atoms. The van der Waals surface area contributed by atoms with E-state index in [2.05, 4.69) is 14.6 Å². The van der Waals surface area contributed by atoms with Gasteiger partial charge in [-0.05, 0) is 24.3 Å². The van der Waals surface area contributed by atoms with Crippen molar-refractivity contribution in [3.8, 4) is 11.5 Å². The Morgan fingerprint density at radius 2 is 1.73 bits per heavy atom. The number of hydrogen-bond donors (Lipinski definition) is 1. The second-order valence-corrected chi connectivity index (χ2v) is 4.64. The number of rotatable bonds is 7. The number of benzene rings is 2. The van der Waals surface area contributed by atoms with Crippen LogP contribution in [0.2, 0.25) is 0 Å². The topological polar surface area (TPSA) is 59.9 Å². The Kier molecular flexibility index (Phi) is 6.48. The molecule has 2 aromatic rings. The quantitative estimate of drug-likeness (QED) is 0.456. The van der Waals surface area contributed by atoms with Crippen LogP contribution in [-0.2, 0) is 0 Å². The van der Waals surface area contributed by atoms with Crippen LogP contribution in [0.15, 0.2) is 47.6 Å². The predicted octanol–water partition coefficient (Wildman–Crippen LogP) is 3.79. The largest absolute Gasteiger partial charge is 0.435 e. The third-order valence-electron chi connectivity index (χ3n) is 2.91. The van der Waals surface area contributed by atoms with Gasteiger partial charge in [-0.25, -0.2) is 9.82 Å². The SMILES string of the molecule is O=C(N/N=C/c1ccc(OC(F)F)cc1OC(F)F)c1ccccc1F. The highest BCUT2D eigenvalue weighted by molar-refractivity contribution is 5.95. The molecule has 0 radical (unpaired) electrons.